The van der Waals surface area contributed by atoms with Gasteiger partial charge < -0.3 is 15.7 Å². The van der Waals surface area contributed by atoms with Crippen LogP contribution in [0.4, 0.5) is 18.0 Å². The molecule has 0 unspecified atom stereocenters. The third kappa shape index (κ3) is 5.60. The Balaban J connectivity index is 1.83. The molecular formula is C20H18ClF3N4O3S. The third-order valence-electron chi connectivity index (χ3n) is 4.63. The van der Waals surface area contributed by atoms with E-state index in [-0.39, 0.29) is 23.4 Å². The van der Waals surface area contributed by atoms with Crippen molar-refractivity contribution >= 4 is 34.9 Å². The van der Waals surface area contributed by atoms with Crippen LogP contribution in [0.2, 0.25) is 4.34 Å². The topological polar surface area (TPSA) is 96.3 Å². The standard InChI is InChI=1S/C20H18ClF3N4O3S/c1-28-15(6-7-26-28)13-9-16(32-17(13)21)18(29)27-12(10-25-19(30)31)8-11-4-2-3-5-14(11)20(22,23)24/h2-7,9,12,25H,8,10H2,1H3,(H,27,29)(H,30,31)/t12-/m1/s1. The van der Waals surface area contributed by atoms with Crippen LogP contribution in [0.5, 0.6) is 0 Å². The predicted molar refractivity (Wildman–Crippen MR) is 114 cm³/mol. The van der Waals surface area contributed by atoms with Crippen LogP contribution in [0.1, 0.15) is 20.8 Å². The van der Waals surface area contributed by atoms with E-state index in [0.717, 1.165) is 17.4 Å². The highest BCUT2D eigenvalue weighted by Gasteiger charge is 2.33. The Kier molecular flexibility index (Phi) is 7.09. The van der Waals surface area contributed by atoms with Crippen LogP contribution in [0.15, 0.2) is 42.6 Å². The van der Waals surface area contributed by atoms with Gasteiger partial charge in [0.1, 0.15) is 4.34 Å². The van der Waals surface area contributed by atoms with E-state index >= 15 is 0 Å². The van der Waals surface area contributed by atoms with Crippen molar-refractivity contribution in [2.75, 3.05) is 6.54 Å². The first kappa shape index (κ1) is 23.6. The average molecular weight is 487 g/mol. The Morgan fingerprint density at radius 1 is 1.28 bits per heavy atom. The summed E-state index contributed by atoms with van der Waals surface area (Å²) >= 11 is 7.28. The number of amides is 2. The number of carboxylic acid groups (broad SMARTS) is 1. The zero-order valence-corrected chi connectivity index (χ0v) is 18.2. The molecule has 7 nitrogen and oxygen atoms in total. The summed E-state index contributed by atoms with van der Waals surface area (Å²) in [7, 11) is 1.72. The van der Waals surface area contributed by atoms with E-state index < -0.39 is 29.8 Å². The molecule has 0 saturated carbocycles. The molecule has 0 aliphatic heterocycles. The highest BCUT2D eigenvalue weighted by atomic mass is 35.5. The van der Waals surface area contributed by atoms with E-state index in [0.29, 0.717) is 15.6 Å². The lowest BCUT2D eigenvalue weighted by Crippen LogP contribution is -2.44. The zero-order valence-electron chi connectivity index (χ0n) is 16.6. The number of alkyl halides is 3. The maximum absolute atomic E-state index is 13.3. The lowest BCUT2D eigenvalue weighted by Gasteiger charge is -2.21. The van der Waals surface area contributed by atoms with Crippen molar-refractivity contribution in [3.63, 3.8) is 0 Å². The number of rotatable bonds is 7. The first-order chi connectivity index (χ1) is 15.1. The number of aromatic nitrogens is 2. The maximum atomic E-state index is 13.3. The van der Waals surface area contributed by atoms with Gasteiger partial charge in [0.25, 0.3) is 5.91 Å². The second kappa shape index (κ2) is 9.61. The first-order valence-corrected chi connectivity index (χ1v) is 10.5. The van der Waals surface area contributed by atoms with E-state index in [1.807, 2.05) is 0 Å². The second-order valence-electron chi connectivity index (χ2n) is 6.85. The number of hydrogen-bond acceptors (Lipinski definition) is 4. The predicted octanol–water partition coefficient (Wildman–Crippen LogP) is 4.43. The summed E-state index contributed by atoms with van der Waals surface area (Å²) in [6.07, 6.45) is -4.58. The third-order valence-corrected chi connectivity index (χ3v) is 5.99. The van der Waals surface area contributed by atoms with Gasteiger partial charge in [0, 0.05) is 25.4 Å². The van der Waals surface area contributed by atoms with Gasteiger partial charge in [0.15, 0.2) is 0 Å². The summed E-state index contributed by atoms with van der Waals surface area (Å²) in [6.45, 7) is -0.277. The molecule has 0 fully saturated rings. The quantitative estimate of drug-likeness (QED) is 0.460. The molecule has 0 radical (unpaired) electrons. The van der Waals surface area contributed by atoms with E-state index in [1.54, 1.807) is 30.1 Å². The smallest absolute Gasteiger partial charge is 0.416 e. The van der Waals surface area contributed by atoms with E-state index in [2.05, 4.69) is 15.7 Å². The molecular weight excluding hydrogens is 469 g/mol. The molecule has 2 aromatic heterocycles. The number of nitrogens with one attached hydrogen (secondary N) is 2. The Labute approximate surface area is 189 Å². The molecule has 0 aliphatic rings. The summed E-state index contributed by atoms with van der Waals surface area (Å²) in [4.78, 5) is 24.0. The summed E-state index contributed by atoms with van der Waals surface area (Å²) in [5, 5.41) is 17.7. The summed E-state index contributed by atoms with van der Waals surface area (Å²) < 4.78 is 41.9. The number of aryl methyl sites for hydroxylation is 1. The highest BCUT2D eigenvalue weighted by Crippen LogP contribution is 2.36. The minimum atomic E-state index is -4.58. The number of nitrogens with zero attached hydrogens (tertiary/aromatic N) is 2. The van der Waals surface area contributed by atoms with Gasteiger partial charge in [0.05, 0.1) is 22.2 Å². The number of carbonyl (C=O) groups excluding carboxylic acids is 1. The lowest BCUT2D eigenvalue weighted by molar-refractivity contribution is -0.138. The lowest BCUT2D eigenvalue weighted by atomic mass is 9.99. The Morgan fingerprint density at radius 2 is 2.00 bits per heavy atom. The molecule has 3 rings (SSSR count). The van der Waals surface area contributed by atoms with Crippen molar-refractivity contribution in [2.45, 2.75) is 18.6 Å². The van der Waals surface area contributed by atoms with Crippen LogP contribution in [-0.4, -0.2) is 39.5 Å². The summed E-state index contributed by atoms with van der Waals surface area (Å²) in [5.74, 6) is -0.577. The first-order valence-electron chi connectivity index (χ1n) is 9.26. The van der Waals surface area contributed by atoms with Crippen LogP contribution in [-0.2, 0) is 19.6 Å². The molecule has 3 N–H and O–H groups in total. The molecule has 0 aliphatic carbocycles. The summed E-state index contributed by atoms with van der Waals surface area (Å²) in [6, 6.07) is 7.32. The minimum Gasteiger partial charge on any atom is -0.465 e. The van der Waals surface area contributed by atoms with Crippen molar-refractivity contribution in [2.24, 2.45) is 7.05 Å². The Bertz CT molecular complexity index is 1130. The highest BCUT2D eigenvalue weighted by molar-refractivity contribution is 7.18. The Morgan fingerprint density at radius 3 is 2.62 bits per heavy atom. The van der Waals surface area contributed by atoms with Gasteiger partial charge in [-0.1, -0.05) is 29.8 Å². The van der Waals surface area contributed by atoms with Crippen LogP contribution < -0.4 is 10.6 Å². The van der Waals surface area contributed by atoms with Gasteiger partial charge in [-0.2, -0.15) is 18.3 Å². The molecule has 170 valence electrons. The van der Waals surface area contributed by atoms with Gasteiger partial charge in [-0.3, -0.25) is 9.48 Å². The van der Waals surface area contributed by atoms with Crippen molar-refractivity contribution in [3.8, 4) is 11.3 Å². The molecule has 2 heterocycles. The SMILES string of the molecule is Cn1nccc1-c1cc(C(=O)N[C@@H](CNC(=O)O)Cc2ccccc2C(F)(F)F)sc1Cl. The molecule has 3 aromatic rings. The van der Waals surface area contributed by atoms with Gasteiger partial charge in [-0.05, 0) is 30.2 Å². The van der Waals surface area contributed by atoms with E-state index in [4.69, 9.17) is 16.7 Å². The van der Waals surface area contributed by atoms with E-state index in [1.165, 1.54) is 18.2 Å². The molecule has 0 saturated heterocycles. The molecule has 32 heavy (non-hydrogen) atoms. The van der Waals surface area contributed by atoms with Crippen molar-refractivity contribution in [1.29, 1.82) is 0 Å². The van der Waals surface area contributed by atoms with Crippen LogP contribution in [0.25, 0.3) is 11.3 Å². The fourth-order valence-corrected chi connectivity index (χ4v) is 4.37. The second-order valence-corrected chi connectivity index (χ2v) is 8.51. The molecule has 2 amide bonds. The normalized spacial score (nSPS) is 12.4. The fourth-order valence-electron chi connectivity index (χ4n) is 3.18. The fraction of sp³-hybridized carbons (Fsp3) is 0.250. The van der Waals surface area contributed by atoms with Crippen LogP contribution >= 0.6 is 22.9 Å². The van der Waals surface area contributed by atoms with Crippen LogP contribution in [0, 0.1) is 0 Å². The molecule has 12 heteroatoms. The molecule has 1 atom stereocenters. The number of thiophene rings is 1. The van der Waals surface area contributed by atoms with Crippen LogP contribution in [0.3, 0.4) is 0 Å². The minimum absolute atomic E-state index is 0.0581. The molecule has 1 aromatic carbocycles. The number of carbonyl (C=O) groups is 2. The zero-order chi connectivity index (χ0) is 23.5. The largest absolute Gasteiger partial charge is 0.465 e. The maximum Gasteiger partial charge on any atom is 0.416 e. The van der Waals surface area contributed by atoms with Crippen molar-refractivity contribution in [3.05, 3.63) is 62.9 Å². The number of halogens is 4. The molecule has 0 spiro atoms. The van der Waals surface area contributed by atoms with Gasteiger partial charge >= 0.3 is 12.3 Å². The van der Waals surface area contributed by atoms with Gasteiger partial charge in [-0.15, -0.1) is 11.3 Å². The molecule has 0 bridgehead atoms. The number of benzene rings is 1. The number of hydrogen-bond donors (Lipinski definition) is 3. The van der Waals surface area contributed by atoms with Gasteiger partial charge in [0.2, 0.25) is 0 Å². The monoisotopic (exact) mass is 486 g/mol. The van der Waals surface area contributed by atoms with Crippen molar-refractivity contribution in [1.82, 2.24) is 20.4 Å². The van der Waals surface area contributed by atoms with Gasteiger partial charge in [-0.25, -0.2) is 4.79 Å². The average Bonchev–Trinajstić information content (AvgIpc) is 3.30. The van der Waals surface area contributed by atoms with E-state index in [9.17, 15) is 22.8 Å². The van der Waals surface area contributed by atoms with Crippen molar-refractivity contribution < 1.29 is 27.9 Å². The summed E-state index contributed by atoms with van der Waals surface area (Å²) in [5.41, 5.74) is 0.377. The Hall–Kier alpha value is -3.05.